The van der Waals surface area contributed by atoms with Gasteiger partial charge in [0.15, 0.2) is 16.0 Å². The maximum atomic E-state index is 5.77. The molecule has 2 aromatic rings. The number of benzene rings is 1. The van der Waals surface area contributed by atoms with Gasteiger partial charge in [0.25, 0.3) is 0 Å². The molecule has 4 nitrogen and oxygen atoms in total. The first-order chi connectivity index (χ1) is 8.33. The number of halogens is 1. The second kappa shape index (κ2) is 4.43. The molecule has 1 aromatic carbocycles. The lowest BCUT2D eigenvalue weighted by atomic mass is 10.2. The number of hydrogen-bond acceptors (Lipinski definition) is 5. The molecule has 1 aliphatic heterocycles. The van der Waals surface area contributed by atoms with Crippen LogP contribution < -0.4 is 14.8 Å². The summed E-state index contributed by atoms with van der Waals surface area (Å²) in [5.41, 5.74) is 0.921. The quantitative estimate of drug-likeness (QED) is 0.929. The molecular weight excluding hydrogens is 260 g/mol. The first-order valence-corrected chi connectivity index (χ1v) is 6.25. The molecule has 0 unspecified atom stereocenters. The van der Waals surface area contributed by atoms with Crippen molar-refractivity contribution >= 4 is 28.6 Å². The molecule has 0 aliphatic carbocycles. The van der Waals surface area contributed by atoms with E-state index in [-0.39, 0.29) is 6.79 Å². The number of aromatic nitrogens is 1. The molecule has 0 radical (unpaired) electrons. The van der Waals surface area contributed by atoms with E-state index in [0.29, 0.717) is 11.0 Å². The number of rotatable bonds is 3. The molecule has 1 aromatic heterocycles. The Bertz CT molecular complexity index is 544. The smallest absolute Gasteiger partial charge is 0.231 e. The van der Waals surface area contributed by atoms with Gasteiger partial charge in [0, 0.05) is 11.1 Å². The van der Waals surface area contributed by atoms with Crippen molar-refractivity contribution in [3.05, 3.63) is 33.7 Å². The Morgan fingerprint density at radius 1 is 1.41 bits per heavy atom. The van der Waals surface area contributed by atoms with E-state index in [1.807, 2.05) is 18.2 Å². The van der Waals surface area contributed by atoms with E-state index < -0.39 is 0 Å². The van der Waals surface area contributed by atoms with Crippen LogP contribution in [0.1, 0.15) is 4.88 Å². The first kappa shape index (κ1) is 10.7. The maximum Gasteiger partial charge on any atom is 0.231 e. The number of fused-ring (bicyclic) bond motifs is 1. The zero-order valence-electron chi connectivity index (χ0n) is 8.77. The van der Waals surface area contributed by atoms with E-state index in [0.717, 1.165) is 22.1 Å². The SMILES string of the molecule is Clc1ncc(CNc2cccc3c2OCO3)s1. The lowest BCUT2D eigenvalue weighted by Crippen LogP contribution is -1.99. The molecule has 0 fully saturated rings. The van der Waals surface area contributed by atoms with Crippen LogP contribution in [0.2, 0.25) is 4.47 Å². The highest BCUT2D eigenvalue weighted by Gasteiger charge is 2.16. The fourth-order valence-corrected chi connectivity index (χ4v) is 2.53. The van der Waals surface area contributed by atoms with Gasteiger partial charge in [0.05, 0.1) is 12.2 Å². The number of nitrogens with zero attached hydrogens (tertiary/aromatic N) is 1. The third-order valence-corrected chi connectivity index (χ3v) is 3.49. The van der Waals surface area contributed by atoms with Crippen molar-refractivity contribution < 1.29 is 9.47 Å². The van der Waals surface area contributed by atoms with Crippen molar-refractivity contribution in [3.63, 3.8) is 0 Å². The number of hydrogen-bond donors (Lipinski definition) is 1. The summed E-state index contributed by atoms with van der Waals surface area (Å²) in [6.45, 7) is 0.949. The van der Waals surface area contributed by atoms with Crippen molar-refractivity contribution in [2.24, 2.45) is 0 Å². The summed E-state index contributed by atoms with van der Waals surface area (Å²) in [5.74, 6) is 1.54. The minimum absolute atomic E-state index is 0.278. The second-order valence-electron chi connectivity index (χ2n) is 3.47. The van der Waals surface area contributed by atoms with Crippen molar-refractivity contribution in [2.45, 2.75) is 6.54 Å². The highest BCUT2D eigenvalue weighted by Crippen LogP contribution is 2.39. The average Bonchev–Trinajstić information content (AvgIpc) is 2.94. The summed E-state index contributed by atoms with van der Waals surface area (Å²) in [4.78, 5) is 5.06. The molecule has 1 aliphatic rings. The molecule has 2 heterocycles. The van der Waals surface area contributed by atoms with Gasteiger partial charge in [0.2, 0.25) is 6.79 Å². The Balaban J connectivity index is 1.75. The van der Waals surface area contributed by atoms with Gasteiger partial charge in [-0.05, 0) is 12.1 Å². The van der Waals surface area contributed by atoms with Gasteiger partial charge in [-0.1, -0.05) is 17.7 Å². The molecule has 88 valence electrons. The summed E-state index contributed by atoms with van der Waals surface area (Å²) >= 11 is 7.23. The van der Waals surface area contributed by atoms with E-state index in [1.54, 1.807) is 6.20 Å². The van der Waals surface area contributed by atoms with E-state index in [2.05, 4.69) is 10.3 Å². The molecular formula is C11H9ClN2O2S. The molecule has 0 spiro atoms. The lowest BCUT2D eigenvalue weighted by Gasteiger charge is -2.07. The third-order valence-electron chi connectivity index (χ3n) is 2.38. The van der Waals surface area contributed by atoms with Crippen LogP contribution in [0.5, 0.6) is 11.5 Å². The molecule has 0 bridgehead atoms. The molecule has 0 amide bonds. The Kier molecular flexibility index (Phi) is 2.78. The number of para-hydroxylation sites is 1. The maximum absolute atomic E-state index is 5.77. The average molecular weight is 269 g/mol. The Morgan fingerprint density at radius 3 is 3.18 bits per heavy atom. The van der Waals surface area contributed by atoms with Crippen LogP contribution in [0, 0.1) is 0 Å². The predicted molar refractivity (Wildman–Crippen MR) is 67.0 cm³/mol. The van der Waals surface area contributed by atoms with Crippen LogP contribution in [0.3, 0.4) is 0 Å². The number of ether oxygens (including phenoxy) is 2. The molecule has 0 saturated carbocycles. The van der Waals surface area contributed by atoms with Gasteiger partial charge in [-0.15, -0.1) is 11.3 Å². The van der Waals surface area contributed by atoms with Crippen LogP contribution in [-0.4, -0.2) is 11.8 Å². The van der Waals surface area contributed by atoms with Gasteiger partial charge >= 0.3 is 0 Å². The fourth-order valence-electron chi connectivity index (χ4n) is 1.62. The number of nitrogens with one attached hydrogen (secondary N) is 1. The highest BCUT2D eigenvalue weighted by molar-refractivity contribution is 7.15. The van der Waals surface area contributed by atoms with Crippen LogP contribution in [0.25, 0.3) is 0 Å². The number of thiazole rings is 1. The zero-order chi connectivity index (χ0) is 11.7. The number of anilines is 1. The molecule has 0 atom stereocenters. The van der Waals surface area contributed by atoms with E-state index in [9.17, 15) is 0 Å². The molecule has 17 heavy (non-hydrogen) atoms. The Hall–Kier alpha value is -1.46. The van der Waals surface area contributed by atoms with Crippen LogP contribution >= 0.6 is 22.9 Å². The van der Waals surface area contributed by atoms with Crippen molar-refractivity contribution in [2.75, 3.05) is 12.1 Å². The highest BCUT2D eigenvalue weighted by atomic mass is 35.5. The zero-order valence-corrected chi connectivity index (χ0v) is 10.3. The van der Waals surface area contributed by atoms with Gasteiger partial charge in [-0.25, -0.2) is 4.98 Å². The minimum atomic E-state index is 0.278. The van der Waals surface area contributed by atoms with E-state index >= 15 is 0 Å². The normalized spacial score (nSPS) is 12.8. The van der Waals surface area contributed by atoms with Crippen LogP contribution in [0.15, 0.2) is 24.4 Å². The summed E-state index contributed by atoms with van der Waals surface area (Å²) in [5, 5.41) is 3.28. The van der Waals surface area contributed by atoms with E-state index in [4.69, 9.17) is 21.1 Å². The second-order valence-corrected chi connectivity index (χ2v) is 5.17. The predicted octanol–water partition coefficient (Wildman–Crippen LogP) is 3.14. The summed E-state index contributed by atoms with van der Waals surface area (Å²) in [6, 6.07) is 5.77. The van der Waals surface area contributed by atoms with Gasteiger partial charge in [-0.2, -0.15) is 0 Å². The van der Waals surface area contributed by atoms with Crippen molar-refractivity contribution in [1.29, 1.82) is 0 Å². The van der Waals surface area contributed by atoms with Gasteiger partial charge in [-0.3, -0.25) is 0 Å². The largest absolute Gasteiger partial charge is 0.454 e. The third kappa shape index (κ3) is 2.16. The molecule has 6 heteroatoms. The van der Waals surface area contributed by atoms with E-state index in [1.165, 1.54) is 11.3 Å². The van der Waals surface area contributed by atoms with Crippen molar-refractivity contribution in [1.82, 2.24) is 4.98 Å². The summed E-state index contributed by atoms with van der Waals surface area (Å²) in [6.07, 6.45) is 1.76. The van der Waals surface area contributed by atoms with Crippen molar-refractivity contribution in [3.8, 4) is 11.5 Å². The first-order valence-electron chi connectivity index (χ1n) is 5.05. The monoisotopic (exact) mass is 268 g/mol. The molecule has 1 N–H and O–H groups in total. The topological polar surface area (TPSA) is 43.4 Å². The lowest BCUT2D eigenvalue weighted by molar-refractivity contribution is 0.174. The standard InChI is InChI=1S/C11H9ClN2O2S/c12-11-14-5-7(17-11)4-13-8-2-1-3-9-10(8)16-6-15-9/h1-3,5,13H,4,6H2. The molecule has 0 saturated heterocycles. The Labute approximate surface area is 107 Å². The van der Waals surface area contributed by atoms with Gasteiger partial charge < -0.3 is 14.8 Å². The van der Waals surface area contributed by atoms with Crippen LogP contribution in [-0.2, 0) is 6.54 Å². The summed E-state index contributed by atoms with van der Waals surface area (Å²) in [7, 11) is 0. The molecule has 3 rings (SSSR count). The van der Waals surface area contributed by atoms with Crippen LogP contribution in [0.4, 0.5) is 5.69 Å². The minimum Gasteiger partial charge on any atom is -0.454 e. The summed E-state index contributed by atoms with van der Waals surface area (Å²) < 4.78 is 11.3. The Morgan fingerprint density at radius 2 is 2.35 bits per heavy atom. The van der Waals surface area contributed by atoms with Gasteiger partial charge in [0.1, 0.15) is 0 Å². The fraction of sp³-hybridized carbons (Fsp3) is 0.182.